The summed E-state index contributed by atoms with van der Waals surface area (Å²) in [6.45, 7) is 3.10. The minimum atomic E-state index is -4.57. The Labute approximate surface area is 220 Å². The number of carbonyl (C=O) groups is 2. The van der Waals surface area contributed by atoms with Crippen molar-refractivity contribution in [1.82, 2.24) is 14.8 Å². The van der Waals surface area contributed by atoms with Crippen molar-refractivity contribution in [1.29, 1.82) is 0 Å². The first-order chi connectivity index (χ1) is 18.2. The maximum Gasteiger partial charge on any atom is 0.419 e. The number of nitrogens with zero attached hydrogens (tertiary/aromatic N) is 4. The van der Waals surface area contributed by atoms with E-state index in [2.05, 4.69) is 14.9 Å². The molecule has 1 radical (unpaired) electrons. The second-order valence-corrected chi connectivity index (χ2v) is 9.21. The van der Waals surface area contributed by atoms with E-state index in [1.54, 1.807) is 31.7 Å². The minimum absolute atomic E-state index is 0.0280. The molecule has 0 atom stereocenters. The van der Waals surface area contributed by atoms with Gasteiger partial charge in [-0.15, -0.1) is 0 Å². The van der Waals surface area contributed by atoms with Crippen molar-refractivity contribution >= 4 is 25.2 Å². The van der Waals surface area contributed by atoms with Crippen molar-refractivity contribution in [3.05, 3.63) is 88.5 Å². The van der Waals surface area contributed by atoms with Gasteiger partial charge < -0.3 is 20.2 Å². The van der Waals surface area contributed by atoms with Gasteiger partial charge in [-0.1, -0.05) is 36.4 Å². The average molecular weight is 522 g/mol. The highest BCUT2D eigenvalue weighted by Crippen LogP contribution is 2.32. The smallest absolute Gasteiger partial charge is 0.369 e. The Morgan fingerprint density at radius 1 is 1.00 bits per heavy atom. The number of benzene rings is 2. The zero-order valence-electron chi connectivity index (χ0n) is 20.8. The van der Waals surface area contributed by atoms with Gasteiger partial charge in [0.15, 0.2) is 0 Å². The number of carbonyl (C=O) groups excluding carboxylic acids is 2. The third-order valence-corrected chi connectivity index (χ3v) is 6.59. The van der Waals surface area contributed by atoms with Gasteiger partial charge in [-0.2, -0.15) is 13.2 Å². The van der Waals surface area contributed by atoms with E-state index in [-0.39, 0.29) is 25.0 Å². The summed E-state index contributed by atoms with van der Waals surface area (Å²) in [7, 11) is 1.55. The number of anilines is 1. The Hall–Kier alpha value is -3.73. The maximum atomic E-state index is 13.7. The van der Waals surface area contributed by atoms with Crippen LogP contribution in [0.25, 0.3) is 0 Å². The molecule has 7 nitrogen and oxygen atoms in total. The van der Waals surface area contributed by atoms with Crippen molar-refractivity contribution in [2.45, 2.75) is 31.9 Å². The monoisotopic (exact) mass is 522 g/mol. The number of alkyl halides is 3. The highest BCUT2D eigenvalue weighted by atomic mass is 19.4. The van der Waals surface area contributed by atoms with E-state index in [9.17, 15) is 22.8 Å². The van der Waals surface area contributed by atoms with Gasteiger partial charge in [0.25, 0.3) is 7.41 Å². The zero-order chi connectivity index (χ0) is 27.1. The van der Waals surface area contributed by atoms with Gasteiger partial charge >= 0.3 is 6.18 Å². The normalized spacial score (nSPS) is 14.3. The summed E-state index contributed by atoms with van der Waals surface area (Å²) in [6.07, 6.45) is -2.26. The van der Waals surface area contributed by atoms with E-state index < -0.39 is 17.6 Å². The summed E-state index contributed by atoms with van der Waals surface area (Å²) >= 11 is 0. The van der Waals surface area contributed by atoms with Gasteiger partial charge in [0, 0.05) is 44.5 Å². The highest BCUT2D eigenvalue weighted by Gasteiger charge is 2.34. The molecule has 11 heteroatoms. The summed E-state index contributed by atoms with van der Waals surface area (Å²) in [5, 5.41) is 0. The van der Waals surface area contributed by atoms with Crippen LogP contribution in [0.4, 0.5) is 18.9 Å². The fourth-order valence-electron chi connectivity index (χ4n) is 4.61. The quantitative estimate of drug-likeness (QED) is 0.325. The van der Waals surface area contributed by atoms with Crippen LogP contribution in [0.5, 0.6) is 0 Å². The lowest BCUT2D eigenvalue weighted by atomic mass is 9.93. The van der Waals surface area contributed by atoms with E-state index >= 15 is 0 Å². The van der Waals surface area contributed by atoms with Crippen molar-refractivity contribution < 1.29 is 22.8 Å². The van der Waals surface area contributed by atoms with Crippen molar-refractivity contribution in [2.75, 3.05) is 31.1 Å². The molecular weight excluding hydrogens is 494 g/mol. The molecule has 2 heterocycles. The van der Waals surface area contributed by atoms with E-state index in [1.165, 1.54) is 0 Å². The summed E-state index contributed by atoms with van der Waals surface area (Å²) in [4.78, 5) is 34.6. The molecular formula is C27H28BF3N5O2. The zero-order valence-corrected chi connectivity index (χ0v) is 20.8. The van der Waals surface area contributed by atoms with E-state index in [4.69, 9.17) is 5.73 Å². The number of halogens is 3. The third-order valence-electron chi connectivity index (χ3n) is 6.59. The average Bonchev–Trinajstić information content (AvgIpc) is 2.88. The number of rotatable bonds is 10. The summed E-state index contributed by atoms with van der Waals surface area (Å²) in [5.74, 6) is -0.188. The molecule has 1 saturated heterocycles. The number of amides is 1. The molecule has 1 aliphatic rings. The summed E-state index contributed by atoms with van der Waals surface area (Å²) < 4.78 is 41.1. The van der Waals surface area contributed by atoms with Crippen LogP contribution < -0.4 is 10.6 Å². The predicted molar refractivity (Wildman–Crippen MR) is 139 cm³/mol. The van der Waals surface area contributed by atoms with Gasteiger partial charge in [0.2, 0.25) is 5.91 Å². The predicted octanol–water partition coefficient (Wildman–Crippen LogP) is 2.83. The molecule has 1 fully saturated rings. The van der Waals surface area contributed by atoms with Crippen LogP contribution in [-0.4, -0.2) is 60.5 Å². The largest absolute Gasteiger partial charge is 0.419 e. The molecule has 4 rings (SSSR count). The van der Waals surface area contributed by atoms with Crippen LogP contribution >= 0.6 is 0 Å². The standard InChI is InChI=1S/C27H28BF3N5O2/c29-27(30,31)23-17-33-26(34-24(23)10-7-20-3-1-2-4-21(20)16-25(32)38)15-19-5-8-22(9-6-19)35-11-13-36(14-12-35)28-18-37/h1-6,8-9,17-18H,7,10-16H2,(H2,32,38). The molecule has 0 saturated carbocycles. The molecule has 197 valence electrons. The van der Waals surface area contributed by atoms with Gasteiger partial charge in [0.05, 0.1) is 23.9 Å². The van der Waals surface area contributed by atoms with Crippen LogP contribution in [0.2, 0.25) is 0 Å². The number of hydrogen-bond acceptors (Lipinski definition) is 6. The van der Waals surface area contributed by atoms with Gasteiger partial charge in [0.1, 0.15) is 5.82 Å². The van der Waals surface area contributed by atoms with Gasteiger partial charge in [-0.25, -0.2) is 9.97 Å². The first kappa shape index (κ1) is 27.3. The first-order valence-corrected chi connectivity index (χ1v) is 12.4. The molecule has 0 aliphatic carbocycles. The van der Waals surface area contributed by atoms with E-state index in [0.717, 1.165) is 55.4 Å². The Morgan fingerprint density at radius 3 is 2.32 bits per heavy atom. The Balaban J connectivity index is 1.47. The van der Waals surface area contributed by atoms with Crippen LogP contribution in [0.15, 0.2) is 54.7 Å². The summed E-state index contributed by atoms with van der Waals surface area (Å²) in [6, 6.07) is 14.9. The van der Waals surface area contributed by atoms with Crippen LogP contribution in [0, 0.1) is 0 Å². The molecule has 2 aromatic carbocycles. The Morgan fingerprint density at radius 2 is 1.68 bits per heavy atom. The lowest BCUT2D eigenvalue weighted by Gasteiger charge is -2.35. The molecule has 1 amide bonds. The molecule has 38 heavy (non-hydrogen) atoms. The third kappa shape index (κ3) is 7.19. The number of hydrogen-bond donors (Lipinski definition) is 1. The van der Waals surface area contributed by atoms with Gasteiger partial charge in [-0.05, 0) is 41.7 Å². The van der Waals surface area contributed by atoms with Gasteiger partial charge in [-0.3, -0.25) is 4.79 Å². The van der Waals surface area contributed by atoms with Crippen LogP contribution in [-0.2, 0) is 41.4 Å². The summed E-state index contributed by atoms with van der Waals surface area (Å²) in [5.41, 5.74) is 7.79. The van der Waals surface area contributed by atoms with E-state index in [0.29, 0.717) is 17.8 Å². The van der Waals surface area contributed by atoms with Crippen molar-refractivity contribution in [3.8, 4) is 0 Å². The fraction of sp³-hybridized carbons (Fsp3) is 0.333. The fourth-order valence-corrected chi connectivity index (χ4v) is 4.61. The second kappa shape index (κ2) is 12.2. The molecule has 2 N–H and O–H groups in total. The maximum absolute atomic E-state index is 13.7. The molecule has 0 unspecified atom stereocenters. The van der Waals surface area contributed by atoms with Crippen LogP contribution in [0.1, 0.15) is 33.8 Å². The molecule has 1 aliphatic heterocycles. The van der Waals surface area contributed by atoms with Crippen molar-refractivity contribution in [2.24, 2.45) is 5.73 Å². The first-order valence-electron chi connectivity index (χ1n) is 12.4. The Kier molecular flexibility index (Phi) is 8.78. The van der Waals surface area contributed by atoms with Crippen molar-refractivity contribution in [3.63, 3.8) is 0 Å². The van der Waals surface area contributed by atoms with E-state index in [1.807, 2.05) is 29.1 Å². The molecule has 3 aromatic rings. The highest BCUT2D eigenvalue weighted by molar-refractivity contribution is 6.64. The molecule has 0 spiro atoms. The van der Waals surface area contributed by atoms with Crippen LogP contribution in [0.3, 0.4) is 0 Å². The minimum Gasteiger partial charge on any atom is -0.369 e. The number of aryl methyl sites for hydroxylation is 2. The lowest BCUT2D eigenvalue weighted by molar-refractivity contribution is -0.138. The number of primary amides is 1. The number of piperazine rings is 1. The molecule has 0 bridgehead atoms. The second-order valence-electron chi connectivity index (χ2n) is 9.21. The Bertz CT molecular complexity index is 1260. The number of nitrogens with two attached hydrogens (primary N) is 1. The SMILES string of the molecule is NC(=O)Cc1ccccc1CCc1nc(Cc2ccc(N3CCN([B]C=O)CC3)cc2)ncc1C(F)(F)F. The molecule has 1 aromatic heterocycles. The number of aromatic nitrogens is 2. The topological polar surface area (TPSA) is 92.4 Å². The lowest BCUT2D eigenvalue weighted by Crippen LogP contribution is -2.48.